The molecule has 56 heavy (non-hydrogen) atoms. The second-order valence-corrected chi connectivity index (χ2v) is 13.0. The van der Waals surface area contributed by atoms with Crippen molar-refractivity contribution in [3.63, 3.8) is 0 Å². The number of carbonyl (C=O) groups is 3. The molecule has 2 amide bonds. The number of nitrogens with zero attached hydrogens (tertiary/aromatic N) is 5. The highest BCUT2D eigenvalue weighted by atomic mass is 19.4. The fraction of sp³-hybridized carbons (Fsp3) is 0.472. The van der Waals surface area contributed by atoms with Crippen molar-refractivity contribution in [2.24, 2.45) is 0 Å². The highest BCUT2D eigenvalue weighted by Crippen LogP contribution is 2.39. The number of methoxy groups -OCH3 is 2. The molecule has 1 N–H and O–H groups in total. The minimum Gasteiger partial charge on any atom is -0.489 e. The number of hydrogen-bond donors (Lipinski definition) is 1. The first kappa shape index (κ1) is 43.8. The van der Waals surface area contributed by atoms with E-state index >= 15 is 8.78 Å². The number of halogens is 8. The molecule has 3 aromatic rings. The smallest absolute Gasteiger partial charge is 0.433 e. The number of esters is 1. The molecule has 1 aliphatic carbocycles. The van der Waals surface area contributed by atoms with Gasteiger partial charge >= 0.3 is 18.3 Å². The zero-order valence-corrected chi connectivity index (χ0v) is 30.8. The second kappa shape index (κ2) is 18.3. The number of anilines is 1. The van der Waals surface area contributed by atoms with Gasteiger partial charge in [0.15, 0.2) is 11.6 Å². The van der Waals surface area contributed by atoms with Gasteiger partial charge in [0.2, 0.25) is 17.6 Å². The third-order valence-electron chi connectivity index (χ3n) is 9.29. The number of amides is 2. The fourth-order valence-electron chi connectivity index (χ4n) is 6.16. The summed E-state index contributed by atoms with van der Waals surface area (Å²) in [5.41, 5.74) is -6.17. The number of carbonyl (C=O) groups excluding carboxylic acids is 3. The molecule has 0 radical (unpaired) electrons. The number of benzene rings is 2. The van der Waals surface area contributed by atoms with Crippen LogP contribution in [0.15, 0.2) is 42.7 Å². The van der Waals surface area contributed by atoms with Gasteiger partial charge in [-0.05, 0) is 50.2 Å². The lowest BCUT2D eigenvalue weighted by atomic mass is 9.97. The molecule has 0 unspecified atom stereocenters. The van der Waals surface area contributed by atoms with Gasteiger partial charge in [-0.25, -0.2) is 24.2 Å². The van der Waals surface area contributed by atoms with Gasteiger partial charge in [-0.1, -0.05) is 18.9 Å². The molecular weight excluding hydrogens is 764 g/mol. The Bertz CT molecular complexity index is 1870. The molecule has 0 saturated heterocycles. The number of ether oxygens (including phenoxy) is 3. The molecule has 1 aliphatic rings. The van der Waals surface area contributed by atoms with Crippen LogP contribution in [0.25, 0.3) is 11.3 Å². The van der Waals surface area contributed by atoms with Crippen LogP contribution in [0.2, 0.25) is 0 Å². The van der Waals surface area contributed by atoms with E-state index < -0.39 is 94.2 Å². The summed E-state index contributed by atoms with van der Waals surface area (Å²) in [5.74, 6) is -6.08. The number of rotatable bonds is 16. The summed E-state index contributed by atoms with van der Waals surface area (Å²) >= 11 is 0. The Morgan fingerprint density at radius 2 is 1.55 bits per heavy atom. The van der Waals surface area contributed by atoms with Crippen LogP contribution in [0.4, 0.5) is 40.8 Å². The monoisotopic (exact) mass is 804 g/mol. The van der Waals surface area contributed by atoms with Crippen LogP contribution in [0.5, 0.6) is 5.75 Å². The van der Waals surface area contributed by atoms with E-state index in [1.54, 1.807) is 7.05 Å². The maximum Gasteiger partial charge on any atom is 0.433 e. The van der Waals surface area contributed by atoms with Crippen molar-refractivity contribution in [1.82, 2.24) is 24.9 Å². The van der Waals surface area contributed by atoms with Crippen molar-refractivity contribution in [3.05, 3.63) is 71.2 Å². The SMILES string of the molecule is COCCN(C)CCOc1ccc(CN(C(=O)CC(=O)Nc2ccc(C(F)(F)F)cc2-c2cc(C(F)(F)F)ncn2)N(C)C2(C(=O)OC)CCCC2)c(F)c1F. The van der Waals surface area contributed by atoms with E-state index in [1.807, 2.05) is 4.90 Å². The molecule has 4 rings (SSSR count). The van der Waals surface area contributed by atoms with Gasteiger partial charge in [0, 0.05) is 38.4 Å². The Morgan fingerprint density at radius 3 is 2.18 bits per heavy atom. The topological polar surface area (TPSA) is 126 Å². The molecule has 306 valence electrons. The quantitative estimate of drug-likeness (QED) is 0.0786. The Morgan fingerprint density at radius 1 is 0.875 bits per heavy atom. The predicted octanol–water partition coefficient (Wildman–Crippen LogP) is 6.11. The van der Waals surface area contributed by atoms with Crippen LogP contribution < -0.4 is 10.1 Å². The predicted molar refractivity (Wildman–Crippen MR) is 183 cm³/mol. The first-order chi connectivity index (χ1) is 26.3. The maximum atomic E-state index is 15.6. The lowest BCUT2D eigenvalue weighted by Crippen LogP contribution is -2.60. The Hall–Kier alpha value is -4.95. The molecule has 0 bridgehead atoms. The normalized spacial score (nSPS) is 14.2. The summed E-state index contributed by atoms with van der Waals surface area (Å²) in [4.78, 5) is 49.1. The van der Waals surface area contributed by atoms with E-state index in [2.05, 4.69) is 15.3 Å². The number of hydrazine groups is 1. The van der Waals surface area contributed by atoms with Crippen LogP contribution >= 0.6 is 0 Å². The van der Waals surface area contributed by atoms with Crippen LogP contribution in [0, 0.1) is 11.6 Å². The van der Waals surface area contributed by atoms with Crippen molar-refractivity contribution in [1.29, 1.82) is 0 Å². The van der Waals surface area contributed by atoms with E-state index in [1.165, 1.54) is 25.2 Å². The molecule has 0 aliphatic heterocycles. The van der Waals surface area contributed by atoms with Gasteiger partial charge in [-0.3, -0.25) is 14.6 Å². The van der Waals surface area contributed by atoms with E-state index in [9.17, 15) is 40.7 Å². The first-order valence-corrected chi connectivity index (χ1v) is 17.1. The average Bonchev–Trinajstić information content (AvgIpc) is 3.65. The second-order valence-electron chi connectivity index (χ2n) is 13.0. The number of alkyl halides is 6. The third kappa shape index (κ3) is 10.5. The zero-order valence-electron chi connectivity index (χ0n) is 30.8. The molecule has 0 spiro atoms. The van der Waals surface area contributed by atoms with Crippen molar-refractivity contribution in [2.75, 3.05) is 59.9 Å². The van der Waals surface area contributed by atoms with Gasteiger partial charge in [0.25, 0.3) is 0 Å². The molecule has 12 nitrogen and oxygen atoms in total. The number of nitrogens with one attached hydrogen (secondary N) is 1. The van der Waals surface area contributed by atoms with Crippen LogP contribution in [-0.2, 0) is 42.8 Å². The Kier molecular flexibility index (Phi) is 14.3. The van der Waals surface area contributed by atoms with E-state index in [-0.39, 0.29) is 25.0 Å². The van der Waals surface area contributed by atoms with Crippen molar-refractivity contribution >= 4 is 23.5 Å². The van der Waals surface area contributed by atoms with Crippen molar-refractivity contribution < 1.29 is 63.7 Å². The Balaban J connectivity index is 1.64. The molecule has 0 atom stereocenters. The zero-order chi connectivity index (χ0) is 41.4. The summed E-state index contributed by atoms with van der Waals surface area (Å²) < 4.78 is 128. The summed E-state index contributed by atoms with van der Waals surface area (Å²) in [7, 11) is 5.79. The van der Waals surface area contributed by atoms with Crippen LogP contribution in [0.1, 0.15) is 48.9 Å². The number of likely N-dealkylation sites (N-methyl/N-ethyl adjacent to an activating group) is 2. The van der Waals surface area contributed by atoms with Gasteiger partial charge in [-0.15, -0.1) is 0 Å². The van der Waals surface area contributed by atoms with Crippen LogP contribution in [0.3, 0.4) is 0 Å². The van der Waals surface area contributed by atoms with Gasteiger partial charge < -0.3 is 24.4 Å². The first-order valence-electron chi connectivity index (χ1n) is 17.1. The maximum absolute atomic E-state index is 15.6. The molecule has 1 aromatic heterocycles. The summed E-state index contributed by atoms with van der Waals surface area (Å²) in [5, 5.41) is 4.30. The van der Waals surface area contributed by atoms with E-state index in [0.29, 0.717) is 57.1 Å². The minimum absolute atomic E-state index is 0.00138. The molecule has 20 heteroatoms. The van der Waals surface area contributed by atoms with Gasteiger partial charge in [-0.2, -0.15) is 30.7 Å². The highest BCUT2D eigenvalue weighted by molar-refractivity contribution is 6.05. The molecular formula is C36H40F8N6O6. The van der Waals surface area contributed by atoms with Gasteiger partial charge in [0.05, 0.1) is 37.2 Å². The molecule has 1 heterocycles. The van der Waals surface area contributed by atoms with Crippen LogP contribution in [-0.4, -0.2) is 103 Å². The average molecular weight is 805 g/mol. The standard InChI is InChI=1S/C36H40F8N6O6/c1-48(13-15-54-3)14-16-56-27-10-7-22(31(37)32(27)38)20-50(49(2)34(33(53)55-4)11-5-6-12-34)30(52)19-29(51)47-25-9-8-23(35(39,40)41)17-24(25)26-18-28(36(42,43)44)46-21-45-26/h7-10,17-18,21H,5-6,11-16,19-20H2,1-4H3,(H,47,51). The van der Waals surface area contributed by atoms with E-state index in [0.717, 1.165) is 24.3 Å². The lowest BCUT2D eigenvalue weighted by molar-refractivity contribution is -0.178. The van der Waals surface area contributed by atoms with Crippen molar-refractivity contribution in [3.8, 4) is 17.0 Å². The Labute approximate surface area is 316 Å². The summed E-state index contributed by atoms with van der Waals surface area (Å²) in [6.45, 7) is 0.674. The lowest BCUT2D eigenvalue weighted by Gasteiger charge is -2.43. The number of aromatic nitrogens is 2. The van der Waals surface area contributed by atoms with Crippen molar-refractivity contribution in [2.45, 2.75) is 56.5 Å². The molecule has 1 saturated carbocycles. The number of hydrogen-bond acceptors (Lipinski definition) is 10. The van der Waals surface area contributed by atoms with Gasteiger partial charge in [0.1, 0.15) is 30.6 Å². The third-order valence-corrected chi connectivity index (χ3v) is 9.29. The largest absolute Gasteiger partial charge is 0.489 e. The summed E-state index contributed by atoms with van der Waals surface area (Å²) in [6, 6.07) is 4.55. The highest BCUT2D eigenvalue weighted by Gasteiger charge is 2.49. The minimum atomic E-state index is -4.98. The van der Waals surface area contributed by atoms with E-state index in [4.69, 9.17) is 14.2 Å². The summed E-state index contributed by atoms with van der Waals surface area (Å²) in [6.07, 6.45) is -9.03. The fourth-order valence-corrected chi connectivity index (χ4v) is 6.16. The molecule has 1 fully saturated rings. The molecule has 2 aromatic carbocycles.